The van der Waals surface area contributed by atoms with Gasteiger partial charge in [0.1, 0.15) is 0 Å². The fourth-order valence-corrected chi connectivity index (χ4v) is 8.72. The van der Waals surface area contributed by atoms with Crippen LogP contribution in [0.15, 0.2) is 11.6 Å². The van der Waals surface area contributed by atoms with Crippen molar-refractivity contribution in [1.29, 1.82) is 5.41 Å². The molecule has 1 aliphatic heterocycles. The van der Waals surface area contributed by atoms with E-state index < -0.39 is 0 Å². The van der Waals surface area contributed by atoms with E-state index in [1.165, 1.54) is 51.4 Å². The average Bonchev–Trinajstić information content (AvgIpc) is 3.13. The molecule has 4 saturated carbocycles. The first-order valence-corrected chi connectivity index (χ1v) is 10.6. The summed E-state index contributed by atoms with van der Waals surface area (Å²) in [6.07, 6.45) is 14.2. The number of hydrogen-bond donors (Lipinski definition) is 1. The minimum absolute atomic E-state index is 0.276. The van der Waals surface area contributed by atoms with Gasteiger partial charge in [0.15, 0.2) is 0 Å². The molecule has 0 bridgehead atoms. The molecule has 2 nitrogen and oxygen atoms in total. The maximum absolute atomic E-state index is 8.05. The molecule has 1 spiro atoms. The third-order valence-electron chi connectivity index (χ3n) is 9.51. The molecule has 5 aliphatic carbocycles. The van der Waals surface area contributed by atoms with Crippen LogP contribution >= 0.6 is 0 Å². The van der Waals surface area contributed by atoms with Crippen LogP contribution in [0.1, 0.15) is 64.7 Å². The number of nitrogens with one attached hydrogen (secondary N) is 1. The molecule has 5 fully saturated rings. The average molecular weight is 325 g/mol. The van der Waals surface area contributed by atoms with Crippen molar-refractivity contribution in [3.05, 3.63) is 11.6 Å². The Morgan fingerprint density at radius 1 is 1.08 bits per heavy atom. The largest absolute Gasteiger partial charge is 0.374 e. The second-order valence-corrected chi connectivity index (χ2v) is 10.1. The molecule has 1 saturated heterocycles. The van der Waals surface area contributed by atoms with Gasteiger partial charge >= 0.3 is 0 Å². The van der Waals surface area contributed by atoms with Crippen molar-refractivity contribution in [1.82, 2.24) is 0 Å². The molecule has 1 heterocycles. The predicted molar refractivity (Wildman–Crippen MR) is 95.1 cm³/mol. The summed E-state index contributed by atoms with van der Waals surface area (Å²) in [4.78, 5) is 0. The van der Waals surface area contributed by atoms with Gasteiger partial charge in [-0.05, 0) is 99.4 Å². The van der Waals surface area contributed by atoms with Crippen LogP contribution < -0.4 is 0 Å². The van der Waals surface area contributed by atoms with Gasteiger partial charge in [-0.2, -0.15) is 0 Å². The molecule has 8 atom stereocenters. The number of allylic oxidation sites excluding steroid dienone is 2. The summed E-state index contributed by atoms with van der Waals surface area (Å²) < 4.78 is 6.59. The highest BCUT2D eigenvalue weighted by Gasteiger charge is 2.76. The van der Waals surface area contributed by atoms with Crippen LogP contribution in [-0.2, 0) is 4.74 Å². The van der Waals surface area contributed by atoms with E-state index >= 15 is 0 Å². The molecule has 0 aromatic rings. The quantitative estimate of drug-likeness (QED) is 0.669. The first-order chi connectivity index (χ1) is 11.6. The van der Waals surface area contributed by atoms with E-state index in [-0.39, 0.29) is 5.60 Å². The van der Waals surface area contributed by atoms with Crippen molar-refractivity contribution in [2.24, 2.45) is 40.9 Å². The van der Waals surface area contributed by atoms with Crippen LogP contribution in [0, 0.1) is 46.3 Å². The van der Waals surface area contributed by atoms with Crippen LogP contribution in [0.2, 0.25) is 0 Å². The van der Waals surface area contributed by atoms with E-state index in [1.54, 1.807) is 5.57 Å². The number of hydrogen-bond acceptors (Lipinski definition) is 2. The lowest BCUT2D eigenvalue weighted by Crippen LogP contribution is -2.54. The highest BCUT2D eigenvalue weighted by molar-refractivity contribution is 5.93. The number of ether oxygens (including phenoxy) is 1. The highest BCUT2D eigenvalue weighted by Crippen LogP contribution is 2.78. The smallest absolute Gasteiger partial charge is 0.0770 e. The zero-order chi connectivity index (χ0) is 16.1. The second-order valence-electron chi connectivity index (χ2n) is 10.1. The summed E-state index contributed by atoms with van der Waals surface area (Å²) in [5.74, 6) is 5.55. The van der Waals surface area contributed by atoms with Gasteiger partial charge in [0.25, 0.3) is 0 Å². The molecule has 0 aromatic heterocycles. The van der Waals surface area contributed by atoms with Gasteiger partial charge in [-0.25, -0.2) is 0 Å². The van der Waals surface area contributed by atoms with Gasteiger partial charge in [-0.15, -0.1) is 0 Å². The lowest BCUT2D eigenvalue weighted by atomic mass is 9.49. The lowest BCUT2D eigenvalue weighted by Gasteiger charge is -2.57. The summed E-state index contributed by atoms with van der Waals surface area (Å²) in [6, 6.07) is 0. The molecule has 0 amide bonds. The Morgan fingerprint density at radius 3 is 2.83 bits per heavy atom. The normalized spacial score (nSPS) is 57.9. The lowest BCUT2D eigenvalue weighted by molar-refractivity contribution is -0.147. The van der Waals surface area contributed by atoms with Crippen LogP contribution in [0.3, 0.4) is 0 Å². The molecule has 1 N–H and O–H groups in total. The summed E-state index contributed by atoms with van der Waals surface area (Å²) in [7, 11) is 0. The minimum atomic E-state index is 0.276. The summed E-state index contributed by atoms with van der Waals surface area (Å²) in [5.41, 5.74) is 3.29. The van der Waals surface area contributed by atoms with Crippen molar-refractivity contribution in [3.8, 4) is 0 Å². The molecule has 6 aliphatic rings. The number of fused-ring (bicyclic) bond motifs is 9. The Labute approximate surface area is 145 Å². The molecule has 0 aromatic carbocycles. The van der Waals surface area contributed by atoms with Crippen molar-refractivity contribution in [2.75, 3.05) is 6.61 Å². The fraction of sp³-hybridized carbons (Fsp3) is 0.864. The van der Waals surface area contributed by atoms with Crippen LogP contribution in [0.25, 0.3) is 0 Å². The summed E-state index contributed by atoms with van der Waals surface area (Å²) in [6.45, 7) is 3.66. The number of rotatable bonds is 0. The fourth-order valence-electron chi connectivity index (χ4n) is 8.72. The summed E-state index contributed by atoms with van der Waals surface area (Å²) in [5, 5.41) is 8.05. The van der Waals surface area contributed by atoms with E-state index in [1.807, 2.05) is 0 Å². The van der Waals surface area contributed by atoms with Crippen molar-refractivity contribution >= 4 is 5.71 Å². The van der Waals surface area contributed by atoms with E-state index in [0.29, 0.717) is 5.41 Å². The van der Waals surface area contributed by atoms with Gasteiger partial charge in [0, 0.05) is 17.7 Å². The Bertz CT molecular complexity index is 630. The van der Waals surface area contributed by atoms with Gasteiger partial charge in [-0.1, -0.05) is 12.5 Å². The second kappa shape index (κ2) is 4.55. The third-order valence-corrected chi connectivity index (χ3v) is 9.51. The summed E-state index contributed by atoms with van der Waals surface area (Å²) >= 11 is 0. The first kappa shape index (κ1) is 14.5. The van der Waals surface area contributed by atoms with Crippen molar-refractivity contribution in [3.63, 3.8) is 0 Å². The highest BCUT2D eigenvalue weighted by atomic mass is 16.5. The Balaban J connectivity index is 1.37. The van der Waals surface area contributed by atoms with Crippen molar-refractivity contribution in [2.45, 2.75) is 70.3 Å². The minimum Gasteiger partial charge on any atom is -0.374 e. The Hall–Kier alpha value is -0.630. The molecule has 2 heteroatoms. The molecular weight excluding hydrogens is 294 g/mol. The zero-order valence-electron chi connectivity index (χ0n) is 15.0. The topological polar surface area (TPSA) is 33.1 Å². The van der Waals surface area contributed by atoms with Crippen LogP contribution in [0.5, 0.6) is 0 Å². The Kier molecular flexibility index (Phi) is 2.76. The van der Waals surface area contributed by atoms with Crippen LogP contribution in [0.4, 0.5) is 0 Å². The first-order valence-electron chi connectivity index (χ1n) is 10.6. The molecule has 6 rings (SSSR count). The monoisotopic (exact) mass is 325 g/mol. The van der Waals surface area contributed by atoms with E-state index in [4.69, 9.17) is 10.1 Å². The van der Waals surface area contributed by atoms with E-state index in [2.05, 4.69) is 13.0 Å². The van der Waals surface area contributed by atoms with Gasteiger partial charge < -0.3 is 10.1 Å². The maximum atomic E-state index is 8.05. The van der Waals surface area contributed by atoms with E-state index in [9.17, 15) is 0 Å². The van der Waals surface area contributed by atoms with E-state index in [0.717, 1.165) is 54.2 Å². The molecule has 0 radical (unpaired) electrons. The molecule has 130 valence electrons. The maximum Gasteiger partial charge on any atom is 0.0770 e. The molecule has 5 unspecified atom stereocenters. The van der Waals surface area contributed by atoms with Gasteiger partial charge in [-0.3, -0.25) is 0 Å². The van der Waals surface area contributed by atoms with Crippen LogP contribution in [-0.4, -0.2) is 17.9 Å². The van der Waals surface area contributed by atoms with Gasteiger partial charge in [0.05, 0.1) is 5.60 Å². The standard InChI is InChI=1S/C22H31NO/c1-21-9-7-16-15-6-4-14(23)11-13(15)3-5-17(16)20(21)18-12-19(18)22(21)8-2-10-24-22/h11,15-20,23H,2-10,12H2,1H3/t15-,16?,17?,18?,19?,20?,21-,22-/m0/s1. The molecule has 24 heavy (non-hydrogen) atoms. The Morgan fingerprint density at radius 2 is 2.00 bits per heavy atom. The third kappa shape index (κ3) is 1.56. The zero-order valence-corrected chi connectivity index (χ0v) is 15.0. The SMILES string of the molecule is C[C@]12CCC3C(CCC4=CC(=N)CC[C@@H]43)C1C1CC1[C@@]21CCCO1. The van der Waals surface area contributed by atoms with Crippen molar-refractivity contribution < 1.29 is 4.74 Å². The predicted octanol–water partition coefficient (Wildman–Crippen LogP) is 4.98. The van der Waals surface area contributed by atoms with Gasteiger partial charge in [0.2, 0.25) is 0 Å². The molecular formula is C22H31NO.